The maximum Gasteiger partial charge on any atom is 0.119 e. The van der Waals surface area contributed by atoms with Crippen LogP contribution < -0.4 is 10.1 Å². The van der Waals surface area contributed by atoms with Crippen LogP contribution in [0.5, 0.6) is 5.75 Å². The molecular weight excluding hydrogens is 250 g/mol. The highest BCUT2D eigenvalue weighted by atomic mass is 16.5. The molecule has 0 spiro atoms. The first-order valence-electron chi connectivity index (χ1n) is 7.80. The van der Waals surface area contributed by atoms with Crippen LogP contribution in [0.2, 0.25) is 0 Å². The summed E-state index contributed by atoms with van der Waals surface area (Å²) in [4.78, 5) is 0. The highest BCUT2D eigenvalue weighted by molar-refractivity contribution is 5.28. The molecule has 1 aliphatic rings. The van der Waals surface area contributed by atoms with Gasteiger partial charge in [-0.15, -0.1) is 0 Å². The molecule has 1 aromatic rings. The van der Waals surface area contributed by atoms with Gasteiger partial charge in [-0.3, -0.25) is 0 Å². The zero-order valence-corrected chi connectivity index (χ0v) is 12.6. The van der Waals surface area contributed by atoms with Crippen LogP contribution in [-0.4, -0.2) is 30.4 Å². The zero-order chi connectivity index (χ0) is 14.4. The van der Waals surface area contributed by atoms with Gasteiger partial charge in [0.15, 0.2) is 0 Å². The Hall–Kier alpha value is -1.06. The topological polar surface area (TPSA) is 41.5 Å². The van der Waals surface area contributed by atoms with Gasteiger partial charge in [0.25, 0.3) is 0 Å². The van der Waals surface area contributed by atoms with Crippen LogP contribution in [0.4, 0.5) is 0 Å². The second-order valence-corrected chi connectivity index (χ2v) is 5.99. The highest BCUT2D eigenvalue weighted by Gasteiger charge is 2.21. The Morgan fingerprint density at radius 1 is 1.40 bits per heavy atom. The van der Waals surface area contributed by atoms with Crippen LogP contribution >= 0.6 is 0 Å². The van der Waals surface area contributed by atoms with Crippen molar-refractivity contribution >= 4 is 0 Å². The van der Waals surface area contributed by atoms with Crippen LogP contribution in [0, 0.1) is 5.92 Å². The predicted molar refractivity (Wildman–Crippen MR) is 82.1 cm³/mol. The fourth-order valence-corrected chi connectivity index (χ4v) is 2.80. The molecule has 2 rings (SSSR count). The highest BCUT2D eigenvalue weighted by Crippen LogP contribution is 2.24. The summed E-state index contributed by atoms with van der Waals surface area (Å²) in [6, 6.07) is 8.64. The van der Waals surface area contributed by atoms with Crippen molar-refractivity contribution in [3.05, 3.63) is 29.8 Å². The van der Waals surface area contributed by atoms with Gasteiger partial charge in [-0.2, -0.15) is 0 Å². The van der Waals surface area contributed by atoms with Gasteiger partial charge in [0.1, 0.15) is 18.5 Å². The van der Waals surface area contributed by atoms with Crippen LogP contribution in [0.1, 0.15) is 38.7 Å². The molecule has 3 unspecified atom stereocenters. The normalized spacial score (nSPS) is 23.8. The molecule has 3 nitrogen and oxygen atoms in total. The summed E-state index contributed by atoms with van der Waals surface area (Å²) in [5.74, 6) is 1.66. The summed E-state index contributed by atoms with van der Waals surface area (Å²) in [5.41, 5.74) is 1.26. The zero-order valence-electron chi connectivity index (χ0n) is 12.6. The number of aryl methyl sites for hydroxylation is 1. The number of ether oxygens (including phenoxy) is 1. The van der Waals surface area contributed by atoms with E-state index in [2.05, 4.69) is 25.2 Å². The molecule has 1 aliphatic carbocycles. The van der Waals surface area contributed by atoms with Crippen molar-refractivity contribution in [1.82, 2.24) is 5.32 Å². The number of hydrogen-bond donors (Lipinski definition) is 2. The van der Waals surface area contributed by atoms with E-state index in [0.717, 1.165) is 18.1 Å². The van der Waals surface area contributed by atoms with Crippen molar-refractivity contribution in [1.29, 1.82) is 0 Å². The van der Waals surface area contributed by atoms with Crippen molar-refractivity contribution in [2.75, 3.05) is 13.2 Å². The lowest BCUT2D eigenvalue weighted by Crippen LogP contribution is -2.36. The summed E-state index contributed by atoms with van der Waals surface area (Å²) in [6.45, 7) is 5.38. The third kappa shape index (κ3) is 4.80. The Balaban J connectivity index is 1.67. The molecule has 3 heteroatoms. The molecule has 0 aliphatic heterocycles. The predicted octanol–water partition coefficient (Wildman–Crippen LogP) is 2.77. The summed E-state index contributed by atoms with van der Waals surface area (Å²) in [6.07, 6.45) is 4.31. The second-order valence-electron chi connectivity index (χ2n) is 5.99. The van der Waals surface area contributed by atoms with Gasteiger partial charge in [-0.05, 0) is 49.3 Å². The molecular formula is C17H27NO2. The Kier molecular flexibility index (Phi) is 5.86. The van der Waals surface area contributed by atoms with Crippen LogP contribution in [0.25, 0.3) is 0 Å². The van der Waals surface area contributed by atoms with Crippen LogP contribution in [-0.2, 0) is 6.42 Å². The lowest BCUT2D eigenvalue weighted by Gasteiger charge is -2.17. The maximum atomic E-state index is 9.98. The van der Waals surface area contributed by atoms with Gasteiger partial charge in [-0.25, -0.2) is 0 Å². The molecule has 2 N–H and O–H groups in total. The van der Waals surface area contributed by atoms with E-state index in [0.29, 0.717) is 19.2 Å². The van der Waals surface area contributed by atoms with Crippen molar-refractivity contribution in [2.45, 2.75) is 51.7 Å². The largest absolute Gasteiger partial charge is 0.491 e. The minimum Gasteiger partial charge on any atom is -0.491 e. The van der Waals surface area contributed by atoms with E-state index in [-0.39, 0.29) is 0 Å². The van der Waals surface area contributed by atoms with Crippen molar-refractivity contribution < 1.29 is 9.84 Å². The first-order valence-corrected chi connectivity index (χ1v) is 7.80. The lowest BCUT2D eigenvalue weighted by molar-refractivity contribution is 0.103. The average molecular weight is 277 g/mol. The lowest BCUT2D eigenvalue weighted by atomic mass is 10.1. The van der Waals surface area contributed by atoms with Gasteiger partial charge >= 0.3 is 0 Å². The third-order valence-corrected chi connectivity index (χ3v) is 4.09. The number of benzene rings is 1. The molecule has 1 fully saturated rings. The van der Waals surface area contributed by atoms with Gasteiger partial charge in [0.05, 0.1) is 0 Å². The molecule has 0 aromatic heterocycles. The first-order chi connectivity index (χ1) is 9.67. The smallest absolute Gasteiger partial charge is 0.119 e. The molecule has 1 aromatic carbocycles. The Morgan fingerprint density at radius 3 is 2.95 bits per heavy atom. The molecule has 20 heavy (non-hydrogen) atoms. The first kappa shape index (κ1) is 15.3. The van der Waals surface area contributed by atoms with Gasteiger partial charge < -0.3 is 15.2 Å². The van der Waals surface area contributed by atoms with Crippen LogP contribution in [0.15, 0.2) is 24.3 Å². The quantitative estimate of drug-likeness (QED) is 0.805. The van der Waals surface area contributed by atoms with E-state index in [1.165, 1.54) is 24.8 Å². The molecule has 112 valence electrons. The maximum absolute atomic E-state index is 9.98. The molecule has 3 atom stereocenters. The summed E-state index contributed by atoms with van der Waals surface area (Å²) >= 11 is 0. The molecule has 0 heterocycles. The molecule has 0 saturated heterocycles. The summed E-state index contributed by atoms with van der Waals surface area (Å²) in [7, 11) is 0. The summed E-state index contributed by atoms with van der Waals surface area (Å²) in [5, 5.41) is 13.4. The monoisotopic (exact) mass is 277 g/mol. The standard InChI is InChI=1S/C17H27NO2/c1-3-14-5-4-6-17(10-14)20-12-16(19)11-18-15-8-7-13(2)9-15/h4-6,10,13,15-16,18-19H,3,7-9,11-12H2,1-2H3. The molecule has 1 saturated carbocycles. The number of nitrogens with one attached hydrogen (secondary N) is 1. The number of aliphatic hydroxyl groups is 1. The molecule has 0 radical (unpaired) electrons. The van der Waals surface area contributed by atoms with Crippen LogP contribution in [0.3, 0.4) is 0 Å². The van der Waals surface area contributed by atoms with Gasteiger partial charge in [-0.1, -0.05) is 26.0 Å². The van der Waals surface area contributed by atoms with E-state index in [1.807, 2.05) is 18.2 Å². The number of rotatable bonds is 7. The Morgan fingerprint density at radius 2 is 2.25 bits per heavy atom. The Labute approximate surface area is 122 Å². The van der Waals surface area contributed by atoms with Crippen molar-refractivity contribution in [3.8, 4) is 5.75 Å². The Bertz CT molecular complexity index is 408. The van der Waals surface area contributed by atoms with Gasteiger partial charge in [0, 0.05) is 12.6 Å². The third-order valence-electron chi connectivity index (χ3n) is 4.09. The average Bonchev–Trinajstić information content (AvgIpc) is 2.89. The summed E-state index contributed by atoms with van der Waals surface area (Å²) < 4.78 is 5.66. The number of aliphatic hydroxyl groups excluding tert-OH is 1. The van der Waals surface area contributed by atoms with Crippen molar-refractivity contribution in [3.63, 3.8) is 0 Å². The molecule has 0 amide bonds. The van der Waals surface area contributed by atoms with Gasteiger partial charge in [0.2, 0.25) is 0 Å². The minimum atomic E-state index is -0.448. The van der Waals surface area contributed by atoms with E-state index in [4.69, 9.17) is 4.74 Å². The van der Waals surface area contributed by atoms with E-state index >= 15 is 0 Å². The van der Waals surface area contributed by atoms with E-state index in [9.17, 15) is 5.11 Å². The minimum absolute atomic E-state index is 0.350. The SMILES string of the molecule is CCc1cccc(OCC(O)CNC2CCC(C)C2)c1. The fraction of sp³-hybridized carbons (Fsp3) is 0.647. The molecule has 0 bridgehead atoms. The van der Waals surface area contributed by atoms with E-state index < -0.39 is 6.10 Å². The van der Waals surface area contributed by atoms with Crippen molar-refractivity contribution in [2.24, 2.45) is 5.92 Å². The second kappa shape index (κ2) is 7.65. The fourth-order valence-electron chi connectivity index (χ4n) is 2.80. The number of hydrogen-bond acceptors (Lipinski definition) is 3. The van der Waals surface area contributed by atoms with E-state index in [1.54, 1.807) is 0 Å².